The number of carbonyl (C=O) groups is 1. The van der Waals surface area contributed by atoms with Crippen LogP contribution in [0.1, 0.15) is 39.5 Å². The lowest BCUT2D eigenvalue weighted by molar-refractivity contribution is -0.137. The summed E-state index contributed by atoms with van der Waals surface area (Å²) in [5.74, 6) is 0.00246. The summed E-state index contributed by atoms with van der Waals surface area (Å²) in [5.41, 5.74) is 0. The van der Waals surface area contributed by atoms with Crippen molar-refractivity contribution in [1.82, 2.24) is 0 Å². The molecule has 0 bridgehead atoms. The lowest BCUT2D eigenvalue weighted by Crippen LogP contribution is -1.97. The molecule has 0 aliphatic rings. The highest BCUT2D eigenvalue weighted by atomic mass is 16.4. The third-order valence-electron chi connectivity index (χ3n) is 1.78. The molecule has 1 N–H and O–H groups in total. The highest BCUT2D eigenvalue weighted by Gasteiger charge is 2.00. The van der Waals surface area contributed by atoms with E-state index in [9.17, 15) is 4.79 Å². The van der Waals surface area contributed by atoms with Gasteiger partial charge in [-0.15, -0.1) is 0 Å². The Morgan fingerprint density at radius 2 is 2.20 bits per heavy atom. The third-order valence-corrected chi connectivity index (χ3v) is 1.78. The van der Waals surface area contributed by atoms with Gasteiger partial charge in [-0.3, -0.25) is 4.79 Å². The number of hydrogen-bond donors (Lipinski definition) is 1. The summed E-state index contributed by atoms with van der Waals surface area (Å²) in [4.78, 5) is 10.1. The second-order valence-corrected chi connectivity index (χ2v) is 2.80. The van der Waals surface area contributed by atoms with E-state index in [1.54, 1.807) is 0 Å². The van der Waals surface area contributed by atoms with E-state index in [4.69, 9.17) is 5.11 Å². The van der Waals surface area contributed by atoms with E-state index < -0.39 is 5.97 Å². The molecule has 0 unspecified atom stereocenters. The van der Waals surface area contributed by atoms with Gasteiger partial charge >= 0.3 is 5.97 Å². The Bertz CT molecular complexity index is 99.4. The molecule has 0 aromatic carbocycles. The van der Waals surface area contributed by atoms with Crippen LogP contribution in [0.5, 0.6) is 0 Å². The van der Waals surface area contributed by atoms with Crippen molar-refractivity contribution in [1.29, 1.82) is 0 Å². The van der Waals surface area contributed by atoms with Crippen LogP contribution in [0.15, 0.2) is 0 Å². The van der Waals surface area contributed by atoms with Crippen LogP contribution >= 0.6 is 0 Å². The first-order valence-electron chi connectivity index (χ1n) is 3.88. The third kappa shape index (κ3) is 5.60. The standard InChI is InChI=1S/C8H16O2/c1-3-7(2)5-4-6-8(9)10/h7H,3-6H2,1-2H3,(H,9,10)/t7-/m1/s1. The van der Waals surface area contributed by atoms with Gasteiger partial charge in [0.2, 0.25) is 0 Å². The minimum absolute atomic E-state index is 0.324. The van der Waals surface area contributed by atoms with E-state index in [-0.39, 0.29) is 0 Å². The lowest BCUT2D eigenvalue weighted by atomic mass is 10.0. The fourth-order valence-electron chi connectivity index (χ4n) is 0.806. The average Bonchev–Trinajstić information content (AvgIpc) is 1.87. The summed E-state index contributed by atoms with van der Waals surface area (Å²) in [7, 11) is 0. The van der Waals surface area contributed by atoms with Crippen molar-refractivity contribution in [3.8, 4) is 0 Å². The monoisotopic (exact) mass is 144 g/mol. The first-order valence-corrected chi connectivity index (χ1v) is 3.88. The molecule has 2 heteroatoms. The number of carboxylic acid groups (broad SMARTS) is 1. The van der Waals surface area contributed by atoms with E-state index in [0.29, 0.717) is 12.3 Å². The van der Waals surface area contributed by atoms with Crippen LogP contribution in [-0.4, -0.2) is 11.1 Å². The van der Waals surface area contributed by atoms with Crippen LogP contribution in [0.25, 0.3) is 0 Å². The second kappa shape index (κ2) is 5.27. The molecule has 0 rings (SSSR count). The molecule has 0 amide bonds. The van der Waals surface area contributed by atoms with E-state index >= 15 is 0 Å². The smallest absolute Gasteiger partial charge is 0.303 e. The Morgan fingerprint density at radius 3 is 2.60 bits per heavy atom. The molecule has 0 aromatic rings. The SMILES string of the molecule is CC[C@@H](C)CCCC(=O)O. The highest BCUT2D eigenvalue weighted by Crippen LogP contribution is 2.10. The first kappa shape index (κ1) is 9.47. The van der Waals surface area contributed by atoms with Crippen molar-refractivity contribution in [2.45, 2.75) is 39.5 Å². The average molecular weight is 144 g/mol. The Hall–Kier alpha value is -0.530. The van der Waals surface area contributed by atoms with E-state index in [1.807, 2.05) is 0 Å². The number of hydrogen-bond acceptors (Lipinski definition) is 1. The molecule has 0 spiro atoms. The van der Waals surface area contributed by atoms with E-state index in [0.717, 1.165) is 19.3 Å². The summed E-state index contributed by atoms with van der Waals surface area (Å²) in [5, 5.41) is 8.30. The zero-order chi connectivity index (χ0) is 7.98. The Kier molecular flexibility index (Phi) is 4.99. The molecule has 2 nitrogen and oxygen atoms in total. The second-order valence-electron chi connectivity index (χ2n) is 2.80. The van der Waals surface area contributed by atoms with E-state index in [1.165, 1.54) is 0 Å². The summed E-state index contributed by atoms with van der Waals surface area (Å²) in [6.45, 7) is 4.29. The van der Waals surface area contributed by atoms with Crippen LogP contribution in [0.3, 0.4) is 0 Å². The van der Waals surface area contributed by atoms with Crippen molar-refractivity contribution in [3.63, 3.8) is 0 Å². The number of rotatable bonds is 5. The van der Waals surface area contributed by atoms with Gasteiger partial charge in [0.15, 0.2) is 0 Å². The van der Waals surface area contributed by atoms with Crippen molar-refractivity contribution >= 4 is 5.97 Å². The molecule has 0 fully saturated rings. The van der Waals surface area contributed by atoms with Gasteiger partial charge in [-0.2, -0.15) is 0 Å². The normalized spacial score (nSPS) is 13.0. The first-order chi connectivity index (χ1) is 4.66. The van der Waals surface area contributed by atoms with Gasteiger partial charge in [0.05, 0.1) is 0 Å². The van der Waals surface area contributed by atoms with Gasteiger partial charge in [-0.1, -0.05) is 26.7 Å². The number of aliphatic carboxylic acids is 1. The van der Waals surface area contributed by atoms with Gasteiger partial charge in [0, 0.05) is 6.42 Å². The van der Waals surface area contributed by atoms with Gasteiger partial charge in [-0.25, -0.2) is 0 Å². The molecule has 0 aliphatic carbocycles. The van der Waals surface area contributed by atoms with Crippen molar-refractivity contribution < 1.29 is 9.90 Å². The van der Waals surface area contributed by atoms with Crippen LogP contribution in [0.2, 0.25) is 0 Å². The molecule has 0 aliphatic heterocycles. The van der Waals surface area contributed by atoms with Crippen molar-refractivity contribution in [2.75, 3.05) is 0 Å². The van der Waals surface area contributed by atoms with Crippen LogP contribution in [0.4, 0.5) is 0 Å². The maximum atomic E-state index is 10.1. The van der Waals surface area contributed by atoms with Crippen LogP contribution in [0, 0.1) is 5.92 Å². The molecule has 60 valence electrons. The Morgan fingerprint density at radius 1 is 1.60 bits per heavy atom. The Balaban J connectivity index is 3.11. The molecule has 0 radical (unpaired) electrons. The molecule has 1 atom stereocenters. The van der Waals surface area contributed by atoms with Gasteiger partial charge in [-0.05, 0) is 12.3 Å². The maximum Gasteiger partial charge on any atom is 0.303 e. The zero-order valence-corrected chi connectivity index (χ0v) is 6.76. The molecule has 0 heterocycles. The molecule has 0 saturated carbocycles. The quantitative estimate of drug-likeness (QED) is 0.642. The predicted octanol–water partition coefficient (Wildman–Crippen LogP) is 2.29. The lowest BCUT2D eigenvalue weighted by Gasteiger charge is -2.04. The fourth-order valence-corrected chi connectivity index (χ4v) is 0.806. The van der Waals surface area contributed by atoms with Crippen molar-refractivity contribution in [3.05, 3.63) is 0 Å². The van der Waals surface area contributed by atoms with Crippen molar-refractivity contribution in [2.24, 2.45) is 5.92 Å². The van der Waals surface area contributed by atoms with Crippen LogP contribution < -0.4 is 0 Å². The van der Waals surface area contributed by atoms with Gasteiger partial charge in [0.1, 0.15) is 0 Å². The fraction of sp³-hybridized carbons (Fsp3) is 0.875. The Labute approximate surface area is 62.2 Å². The largest absolute Gasteiger partial charge is 0.481 e. The van der Waals surface area contributed by atoms with Crippen LogP contribution in [-0.2, 0) is 4.79 Å². The molecule has 0 aromatic heterocycles. The minimum Gasteiger partial charge on any atom is -0.481 e. The highest BCUT2D eigenvalue weighted by molar-refractivity contribution is 5.66. The molecule has 0 saturated heterocycles. The van der Waals surface area contributed by atoms with E-state index in [2.05, 4.69) is 13.8 Å². The number of carboxylic acids is 1. The molecule has 10 heavy (non-hydrogen) atoms. The van der Waals surface area contributed by atoms with Gasteiger partial charge < -0.3 is 5.11 Å². The topological polar surface area (TPSA) is 37.3 Å². The summed E-state index contributed by atoms with van der Waals surface area (Å²) in [6, 6.07) is 0. The summed E-state index contributed by atoms with van der Waals surface area (Å²) >= 11 is 0. The van der Waals surface area contributed by atoms with Gasteiger partial charge in [0.25, 0.3) is 0 Å². The molecular weight excluding hydrogens is 128 g/mol. The summed E-state index contributed by atoms with van der Waals surface area (Å²) in [6.07, 6.45) is 3.34. The summed E-state index contributed by atoms with van der Waals surface area (Å²) < 4.78 is 0. The minimum atomic E-state index is -0.677. The zero-order valence-electron chi connectivity index (χ0n) is 6.76. The predicted molar refractivity (Wildman–Crippen MR) is 40.9 cm³/mol. The molecular formula is C8H16O2. The maximum absolute atomic E-state index is 10.1.